The number of rotatable bonds is 1. The van der Waals surface area contributed by atoms with Crippen LogP contribution in [0.3, 0.4) is 0 Å². The lowest BCUT2D eigenvalue weighted by Crippen LogP contribution is -2.19. The van der Waals surface area contributed by atoms with E-state index in [4.69, 9.17) is 5.73 Å². The van der Waals surface area contributed by atoms with Crippen molar-refractivity contribution in [1.82, 2.24) is 9.97 Å². The molecule has 0 saturated carbocycles. The molecule has 2 rings (SSSR count). The molecule has 4 nitrogen and oxygen atoms in total. The zero-order valence-electron chi connectivity index (χ0n) is 9.56. The van der Waals surface area contributed by atoms with Crippen molar-refractivity contribution in [3.63, 3.8) is 0 Å². The van der Waals surface area contributed by atoms with E-state index in [0.717, 1.165) is 24.4 Å². The smallest absolute Gasteiger partial charge is 0.222 e. The lowest BCUT2D eigenvalue weighted by molar-refractivity contribution is 0.662. The minimum atomic E-state index is 0. The third-order valence-corrected chi connectivity index (χ3v) is 2.60. The topological polar surface area (TPSA) is 55.0 Å². The molecule has 0 bridgehead atoms. The molecule has 0 fully saturated rings. The molecular formula is C10H18Cl2N4. The second-order valence-electron chi connectivity index (χ2n) is 3.93. The SMILES string of the molecule is CN(C)c1nc(N)nc2c1CCCC2.Cl.Cl. The van der Waals surface area contributed by atoms with E-state index >= 15 is 0 Å². The number of aromatic nitrogens is 2. The van der Waals surface area contributed by atoms with Gasteiger partial charge >= 0.3 is 0 Å². The van der Waals surface area contributed by atoms with Crippen LogP contribution in [0.15, 0.2) is 0 Å². The molecule has 0 aliphatic heterocycles. The molecule has 0 radical (unpaired) electrons. The normalized spacial score (nSPS) is 13.1. The van der Waals surface area contributed by atoms with Crippen LogP contribution in [-0.4, -0.2) is 24.1 Å². The summed E-state index contributed by atoms with van der Waals surface area (Å²) in [5.41, 5.74) is 8.10. The van der Waals surface area contributed by atoms with Gasteiger partial charge in [0.2, 0.25) is 5.95 Å². The molecule has 0 atom stereocenters. The Morgan fingerprint density at radius 1 is 1.06 bits per heavy atom. The molecule has 1 aliphatic carbocycles. The van der Waals surface area contributed by atoms with Crippen molar-refractivity contribution in [2.24, 2.45) is 0 Å². The van der Waals surface area contributed by atoms with Gasteiger partial charge in [-0.2, -0.15) is 4.98 Å². The van der Waals surface area contributed by atoms with Gasteiger partial charge in [-0.25, -0.2) is 4.98 Å². The fraction of sp³-hybridized carbons (Fsp3) is 0.600. The van der Waals surface area contributed by atoms with Gasteiger partial charge in [0.15, 0.2) is 0 Å². The first kappa shape index (κ1) is 15.3. The Kier molecular flexibility index (Phi) is 5.83. The maximum atomic E-state index is 5.67. The van der Waals surface area contributed by atoms with Crippen LogP contribution in [0.4, 0.5) is 11.8 Å². The predicted octanol–water partition coefficient (Wildman–Crippen LogP) is 1.85. The number of nitrogens with zero attached hydrogens (tertiary/aromatic N) is 3. The molecule has 1 aromatic rings. The number of halogens is 2. The number of aryl methyl sites for hydroxylation is 1. The highest BCUT2D eigenvalue weighted by atomic mass is 35.5. The number of nitrogens with two attached hydrogens (primary N) is 1. The van der Waals surface area contributed by atoms with Crippen molar-refractivity contribution in [1.29, 1.82) is 0 Å². The molecule has 1 heterocycles. The van der Waals surface area contributed by atoms with Crippen LogP contribution in [0.2, 0.25) is 0 Å². The van der Waals surface area contributed by atoms with Crippen molar-refractivity contribution in [2.75, 3.05) is 24.7 Å². The van der Waals surface area contributed by atoms with Crippen LogP contribution >= 0.6 is 24.8 Å². The third-order valence-electron chi connectivity index (χ3n) is 2.60. The summed E-state index contributed by atoms with van der Waals surface area (Å²) < 4.78 is 0. The largest absolute Gasteiger partial charge is 0.368 e. The third kappa shape index (κ3) is 2.89. The fourth-order valence-electron chi connectivity index (χ4n) is 1.96. The molecule has 0 saturated heterocycles. The lowest BCUT2D eigenvalue weighted by atomic mass is 9.96. The van der Waals surface area contributed by atoms with E-state index in [1.807, 2.05) is 19.0 Å². The van der Waals surface area contributed by atoms with Gasteiger partial charge in [-0.15, -0.1) is 24.8 Å². The summed E-state index contributed by atoms with van der Waals surface area (Å²) >= 11 is 0. The second-order valence-corrected chi connectivity index (χ2v) is 3.93. The van der Waals surface area contributed by atoms with E-state index in [1.54, 1.807) is 0 Å². The zero-order valence-corrected chi connectivity index (χ0v) is 11.2. The van der Waals surface area contributed by atoms with Crippen molar-refractivity contribution in [2.45, 2.75) is 25.7 Å². The molecule has 1 aliphatic rings. The molecule has 0 amide bonds. The van der Waals surface area contributed by atoms with Crippen LogP contribution in [0.5, 0.6) is 0 Å². The van der Waals surface area contributed by atoms with Crippen LogP contribution < -0.4 is 10.6 Å². The number of hydrogen-bond acceptors (Lipinski definition) is 4. The Bertz CT molecular complexity index is 355. The summed E-state index contributed by atoms with van der Waals surface area (Å²) in [6, 6.07) is 0. The van der Waals surface area contributed by atoms with E-state index in [9.17, 15) is 0 Å². The summed E-state index contributed by atoms with van der Waals surface area (Å²) in [7, 11) is 3.99. The summed E-state index contributed by atoms with van der Waals surface area (Å²) in [5.74, 6) is 1.39. The molecule has 0 unspecified atom stereocenters. The molecule has 0 spiro atoms. The molecule has 2 N–H and O–H groups in total. The number of nitrogen functional groups attached to an aromatic ring is 1. The minimum Gasteiger partial charge on any atom is -0.368 e. The van der Waals surface area contributed by atoms with Gasteiger partial charge < -0.3 is 10.6 Å². The molecule has 0 aromatic carbocycles. The Hall–Kier alpha value is -0.740. The Morgan fingerprint density at radius 3 is 2.31 bits per heavy atom. The van der Waals surface area contributed by atoms with Gasteiger partial charge in [-0.3, -0.25) is 0 Å². The van der Waals surface area contributed by atoms with Gasteiger partial charge in [0.1, 0.15) is 5.82 Å². The van der Waals surface area contributed by atoms with E-state index in [1.165, 1.54) is 18.4 Å². The molecule has 1 aromatic heterocycles. The summed E-state index contributed by atoms with van der Waals surface area (Å²) in [6.45, 7) is 0. The number of anilines is 2. The number of fused-ring (bicyclic) bond motifs is 1. The van der Waals surface area contributed by atoms with Crippen molar-refractivity contribution >= 4 is 36.6 Å². The van der Waals surface area contributed by atoms with Crippen LogP contribution in [-0.2, 0) is 12.8 Å². The minimum absolute atomic E-state index is 0. The monoisotopic (exact) mass is 264 g/mol. The standard InChI is InChI=1S/C10H16N4.2ClH/c1-14(2)9-7-5-3-4-6-8(7)12-10(11)13-9;;/h3-6H2,1-2H3,(H2,11,12,13);2*1H. The maximum Gasteiger partial charge on any atom is 0.222 e. The van der Waals surface area contributed by atoms with Gasteiger partial charge in [-0.05, 0) is 25.7 Å². The first-order chi connectivity index (χ1) is 6.68. The first-order valence-corrected chi connectivity index (χ1v) is 5.01. The highest BCUT2D eigenvalue weighted by molar-refractivity contribution is 5.85. The predicted molar refractivity (Wildman–Crippen MR) is 71.9 cm³/mol. The summed E-state index contributed by atoms with van der Waals surface area (Å²) in [6.07, 6.45) is 4.59. The van der Waals surface area contributed by atoms with E-state index < -0.39 is 0 Å². The van der Waals surface area contributed by atoms with Crippen molar-refractivity contribution in [3.05, 3.63) is 11.3 Å². The summed E-state index contributed by atoms with van der Waals surface area (Å²) in [4.78, 5) is 10.6. The molecule has 16 heavy (non-hydrogen) atoms. The van der Waals surface area contributed by atoms with E-state index in [0.29, 0.717) is 5.95 Å². The van der Waals surface area contributed by atoms with Crippen LogP contribution in [0.25, 0.3) is 0 Å². The van der Waals surface area contributed by atoms with Crippen molar-refractivity contribution < 1.29 is 0 Å². The van der Waals surface area contributed by atoms with Gasteiger partial charge in [-0.1, -0.05) is 0 Å². The summed E-state index contributed by atoms with van der Waals surface area (Å²) in [5, 5.41) is 0. The van der Waals surface area contributed by atoms with E-state index in [-0.39, 0.29) is 24.8 Å². The second kappa shape index (κ2) is 6.11. The highest BCUT2D eigenvalue weighted by Gasteiger charge is 2.17. The quantitative estimate of drug-likeness (QED) is 0.841. The fourth-order valence-corrected chi connectivity index (χ4v) is 1.96. The molecule has 92 valence electrons. The lowest BCUT2D eigenvalue weighted by Gasteiger charge is -2.22. The van der Waals surface area contributed by atoms with Gasteiger partial charge in [0.25, 0.3) is 0 Å². The zero-order chi connectivity index (χ0) is 10.1. The number of hydrogen-bond donors (Lipinski definition) is 1. The van der Waals surface area contributed by atoms with Gasteiger partial charge in [0, 0.05) is 19.7 Å². The highest BCUT2D eigenvalue weighted by Crippen LogP contribution is 2.27. The Balaban J connectivity index is 0.00000112. The van der Waals surface area contributed by atoms with Gasteiger partial charge in [0.05, 0.1) is 5.69 Å². The average molecular weight is 265 g/mol. The Labute approximate surface area is 108 Å². The Morgan fingerprint density at radius 2 is 1.69 bits per heavy atom. The van der Waals surface area contributed by atoms with E-state index in [2.05, 4.69) is 9.97 Å². The average Bonchev–Trinajstić information content (AvgIpc) is 2.16. The maximum absolute atomic E-state index is 5.67. The molecule has 6 heteroatoms. The van der Waals surface area contributed by atoms with Crippen LogP contribution in [0.1, 0.15) is 24.1 Å². The first-order valence-electron chi connectivity index (χ1n) is 5.01. The van der Waals surface area contributed by atoms with Crippen LogP contribution in [0, 0.1) is 0 Å². The van der Waals surface area contributed by atoms with Crippen molar-refractivity contribution in [3.8, 4) is 0 Å². The molecular weight excluding hydrogens is 247 g/mol.